The van der Waals surface area contributed by atoms with E-state index in [-0.39, 0.29) is 12.5 Å². The van der Waals surface area contributed by atoms with Crippen molar-refractivity contribution in [2.75, 3.05) is 6.54 Å². The molecule has 0 aliphatic carbocycles. The molecule has 1 aromatic heterocycles. The number of thiophene rings is 1. The molecule has 0 aromatic carbocycles. The van der Waals surface area contributed by atoms with Crippen molar-refractivity contribution in [3.63, 3.8) is 0 Å². The van der Waals surface area contributed by atoms with Gasteiger partial charge in [0.1, 0.15) is 5.38 Å². The molecule has 0 bridgehead atoms. The first-order valence-electron chi connectivity index (χ1n) is 4.23. The average Bonchev–Trinajstić information content (AvgIpc) is 2.66. The molecular formula is C9H12ClNO2S. The summed E-state index contributed by atoms with van der Waals surface area (Å²) < 4.78 is 0. The number of aliphatic hydroxyl groups is 1. The van der Waals surface area contributed by atoms with Crippen LogP contribution in [0.2, 0.25) is 0 Å². The first kappa shape index (κ1) is 11.5. The smallest absolute Gasteiger partial charge is 0.237 e. The highest BCUT2D eigenvalue weighted by atomic mass is 35.5. The zero-order valence-electron chi connectivity index (χ0n) is 7.74. The van der Waals surface area contributed by atoms with Crippen molar-refractivity contribution in [2.24, 2.45) is 0 Å². The molecule has 0 aliphatic heterocycles. The average molecular weight is 234 g/mol. The summed E-state index contributed by atoms with van der Waals surface area (Å²) in [7, 11) is 0. The molecule has 1 aromatic rings. The fourth-order valence-electron chi connectivity index (χ4n) is 0.920. The van der Waals surface area contributed by atoms with Gasteiger partial charge in [0.05, 0.1) is 6.10 Å². The van der Waals surface area contributed by atoms with Crippen LogP contribution in [-0.4, -0.2) is 22.9 Å². The van der Waals surface area contributed by atoms with E-state index in [2.05, 4.69) is 5.32 Å². The second-order valence-electron chi connectivity index (χ2n) is 2.93. The van der Waals surface area contributed by atoms with Crippen molar-refractivity contribution in [3.8, 4) is 0 Å². The Morgan fingerprint density at radius 2 is 2.50 bits per heavy atom. The normalized spacial score (nSPS) is 14.8. The van der Waals surface area contributed by atoms with Gasteiger partial charge in [0.2, 0.25) is 5.91 Å². The Balaban J connectivity index is 2.36. The van der Waals surface area contributed by atoms with Gasteiger partial charge >= 0.3 is 0 Å². The molecule has 0 saturated carbocycles. The number of nitrogens with one attached hydrogen (secondary N) is 1. The molecule has 0 fully saturated rings. The lowest BCUT2D eigenvalue weighted by molar-refractivity contribution is -0.120. The van der Waals surface area contributed by atoms with E-state index in [1.807, 2.05) is 16.8 Å². The molecule has 2 N–H and O–H groups in total. The molecule has 1 rings (SSSR count). The third-order valence-corrected chi connectivity index (χ3v) is 2.66. The summed E-state index contributed by atoms with van der Waals surface area (Å²) in [5, 5.41) is 15.3. The van der Waals surface area contributed by atoms with Gasteiger partial charge in [0.15, 0.2) is 0 Å². The molecule has 1 heterocycles. The minimum Gasteiger partial charge on any atom is -0.387 e. The standard InChI is InChI=1S/C9H12ClNO2S/c1-6(10)9(13)11-4-8(12)7-2-3-14-5-7/h2-3,5-6,8,12H,4H2,1H3,(H,11,13). The quantitative estimate of drug-likeness (QED) is 0.775. The number of rotatable bonds is 4. The highest BCUT2D eigenvalue weighted by Gasteiger charge is 2.12. The SMILES string of the molecule is CC(Cl)C(=O)NCC(O)c1ccsc1. The summed E-state index contributed by atoms with van der Waals surface area (Å²) in [5.74, 6) is -0.263. The number of carbonyl (C=O) groups excluding carboxylic acids is 1. The largest absolute Gasteiger partial charge is 0.387 e. The van der Waals surface area contributed by atoms with Crippen LogP contribution in [0.25, 0.3) is 0 Å². The second-order valence-corrected chi connectivity index (χ2v) is 4.37. The molecule has 0 aliphatic rings. The maximum Gasteiger partial charge on any atom is 0.237 e. The summed E-state index contributed by atoms with van der Waals surface area (Å²) in [6.07, 6.45) is -0.652. The Kier molecular flexibility index (Phi) is 4.38. The van der Waals surface area contributed by atoms with E-state index in [0.29, 0.717) is 0 Å². The van der Waals surface area contributed by atoms with E-state index >= 15 is 0 Å². The molecule has 3 nitrogen and oxygen atoms in total. The van der Waals surface area contributed by atoms with Gasteiger partial charge in [-0.2, -0.15) is 11.3 Å². The molecule has 14 heavy (non-hydrogen) atoms. The van der Waals surface area contributed by atoms with E-state index in [9.17, 15) is 9.90 Å². The minimum atomic E-state index is -0.652. The predicted octanol–water partition coefficient (Wildman–Crippen LogP) is 1.52. The zero-order valence-corrected chi connectivity index (χ0v) is 9.31. The van der Waals surface area contributed by atoms with Crippen LogP contribution in [0, 0.1) is 0 Å². The van der Waals surface area contributed by atoms with E-state index in [0.717, 1.165) is 5.56 Å². The highest BCUT2D eigenvalue weighted by molar-refractivity contribution is 7.07. The van der Waals surface area contributed by atoms with Gasteiger partial charge in [0.25, 0.3) is 0 Å². The molecule has 2 unspecified atom stereocenters. The van der Waals surface area contributed by atoms with Gasteiger partial charge in [-0.1, -0.05) is 0 Å². The summed E-state index contributed by atoms with van der Waals surface area (Å²) in [5.41, 5.74) is 0.817. The number of hydrogen-bond acceptors (Lipinski definition) is 3. The third kappa shape index (κ3) is 3.29. The van der Waals surface area contributed by atoms with Crippen LogP contribution in [0.4, 0.5) is 0 Å². The van der Waals surface area contributed by atoms with Crippen molar-refractivity contribution < 1.29 is 9.90 Å². The maximum atomic E-state index is 11.1. The summed E-state index contributed by atoms with van der Waals surface area (Å²) in [4.78, 5) is 11.1. The van der Waals surface area contributed by atoms with Crippen molar-refractivity contribution in [2.45, 2.75) is 18.4 Å². The van der Waals surface area contributed by atoms with Crippen LogP contribution in [0.5, 0.6) is 0 Å². The van der Waals surface area contributed by atoms with Crippen molar-refractivity contribution in [1.29, 1.82) is 0 Å². The van der Waals surface area contributed by atoms with Crippen LogP contribution in [0.15, 0.2) is 16.8 Å². The summed E-state index contributed by atoms with van der Waals surface area (Å²) >= 11 is 7.05. The van der Waals surface area contributed by atoms with Crippen LogP contribution < -0.4 is 5.32 Å². The topological polar surface area (TPSA) is 49.3 Å². The molecule has 0 saturated heterocycles. The number of halogens is 1. The molecular weight excluding hydrogens is 222 g/mol. The molecule has 0 radical (unpaired) electrons. The predicted molar refractivity (Wildman–Crippen MR) is 57.6 cm³/mol. The lowest BCUT2D eigenvalue weighted by Crippen LogP contribution is -2.33. The fourth-order valence-corrected chi connectivity index (χ4v) is 1.70. The molecule has 5 heteroatoms. The Bertz CT molecular complexity index is 287. The van der Waals surface area contributed by atoms with Gasteiger partial charge in [-0.25, -0.2) is 0 Å². The van der Waals surface area contributed by atoms with E-state index in [1.54, 1.807) is 6.92 Å². The van der Waals surface area contributed by atoms with Crippen molar-refractivity contribution in [3.05, 3.63) is 22.4 Å². The van der Waals surface area contributed by atoms with Gasteiger partial charge in [-0.15, -0.1) is 11.6 Å². The Morgan fingerprint density at radius 3 is 3.00 bits per heavy atom. The van der Waals surface area contributed by atoms with E-state index in [4.69, 9.17) is 11.6 Å². The van der Waals surface area contributed by atoms with Gasteiger partial charge in [-0.05, 0) is 29.3 Å². The van der Waals surface area contributed by atoms with Crippen LogP contribution in [-0.2, 0) is 4.79 Å². The lowest BCUT2D eigenvalue weighted by atomic mass is 10.2. The molecule has 0 spiro atoms. The monoisotopic (exact) mass is 233 g/mol. The molecule has 2 atom stereocenters. The van der Waals surface area contributed by atoms with Gasteiger partial charge in [0, 0.05) is 6.54 Å². The van der Waals surface area contributed by atoms with E-state index in [1.165, 1.54) is 11.3 Å². The van der Waals surface area contributed by atoms with E-state index < -0.39 is 11.5 Å². The lowest BCUT2D eigenvalue weighted by Gasteiger charge is -2.11. The highest BCUT2D eigenvalue weighted by Crippen LogP contribution is 2.15. The van der Waals surface area contributed by atoms with Crippen LogP contribution in [0.1, 0.15) is 18.6 Å². The van der Waals surface area contributed by atoms with Crippen molar-refractivity contribution >= 4 is 28.8 Å². The summed E-state index contributed by atoms with van der Waals surface area (Å²) in [6.45, 7) is 1.79. The number of carbonyl (C=O) groups is 1. The summed E-state index contributed by atoms with van der Waals surface area (Å²) in [6, 6.07) is 1.83. The fraction of sp³-hybridized carbons (Fsp3) is 0.444. The number of hydrogen-bond donors (Lipinski definition) is 2. The number of aliphatic hydroxyl groups excluding tert-OH is 1. The second kappa shape index (κ2) is 5.34. The molecule has 1 amide bonds. The van der Waals surface area contributed by atoms with Crippen molar-refractivity contribution in [1.82, 2.24) is 5.32 Å². The van der Waals surface area contributed by atoms with Gasteiger partial charge < -0.3 is 10.4 Å². The first-order chi connectivity index (χ1) is 6.61. The minimum absolute atomic E-state index is 0.201. The third-order valence-electron chi connectivity index (χ3n) is 1.76. The van der Waals surface area contributed by atoms with Crippen LogP contribution >= 0.6 is 22.9 Å². The zero-order chi connectivity index (χ0) is 10.6. The Labute approximate surface area is 91.7 Å². The number of alkyl halides is 1. The Hall–Kier alpha value is -0.580. The Morgan fingerprint density at radius 1 is 1.79 bits per heavy atom. The first-order valence-corrected chi connectivity index (χ1v) is 5.61. The van der Waals surface area contributed by atoms with Crippen LogP contribution in [0.3, 0.4) is 0 Å². The van der Waals surface area contributed by atoms with Gasteiger partial charge in [-0.3, -0.25) is 4.79 Å². The molecule has 78 valence electrons. The maximum absolute atomic E-state index is 11.1. The number of amides is 1.